The second-order valence-corrected chi connectivity index (χ2v) is 6.45. The predicted octanol–water partition coefficient (Wildman–Crippen LogP) is 2.63. The third-order valence-corrected chi connectivity index (χ3v) is 4.41. The van der Waals surface area contributed by atoms with Crippen LogP contribution in [0.4, 0.5) is 17.1 Å². The standard InChI is InChI=1S/C21H21N3O6/c25-20(22-17-6-8-18(9-7-17)23-11-13-29-14-12-23)15-30-21(26)10-5-16-3-1-2-4-19(16)24(27)28/h1-10H,11-15H2,(H,22,25)/b10-5+. The molecule has 0 atom stereocenters. The van der Waals surface area contributed by atoms with Crippen LogP contribution in [0, 0.1) is 10.1 Å². The van der Waals surface area contributed by atoms with E-state index in [0.29, 0.717) is 18.9 Å². The Kier molecular flexibility index (Phi) is 7.12. The van der Waals surface area contributed by atoms with Crippen LogP contribution in [0.2, 0.25) is 0 Å². The number of carbonyl (C=O) groups excluding carboxylic acids is 2. The topological polar surface area (TPSA) is 111 Å². The van der Waals surface area contributed by atoms with Crippen molar-refractivity contribution in [3.8, 4) is 0 Å². The maximum absolute atomic E-state index is 12.0. The minimum Gasteiger partial charge on any atom is -0.452 e. The first kappa shape index (κ1) is 21.0. The number of esters is 1. The van der Waals surface area contributed by atoms with Crippen molar-refractivity contribution >= 4 is 35.0 Å². The maximum atomic E-state index is 12.0. The molecule has 0 bridgehead atoms. The molecule has 30 heavy (non-hydrogen) atoms. The van der Waals surface area contributed by atoms with Crippen molar-refractivity contribution in [2.45, 2.75) is 0 Å². The van der Waals surface area contributed by atoms with Gasteiger partial charge in [-0.05, 0) is 36.4 Å². The maximum Gasteiger partial charge on any atom is 0.331 e. The number of nitrogens with one attached hydrogen (secondary N) is 1. The molecule has 0 aliphatic carbocycles. The van der Waals surface area contributed by atoms with Crippen molar-refractivity contribution in [2.75, 3.05) is 43.1 Å². The van der Waals surface area contributed by atoms with Crippen LogP contribution in [-0.4, -0.2) is 49.7 Å². The van der Waals surface area contributed by atoms with E-state index in [1.807, 2.05) is 12.1 Å². The summed E-state index contributed by atoms with van der Waals surface area (Å²) in [5.41, 5.74) is 1.77. The van der Waals surface area contributed by atoms with Gasteiger partial charge in [0.15, 0.2) is 6.61 Å². The Hall–Kier alpha value is -3.72. The largest absolute Gasteiger partial charge is 0.452 e. The average Bonchev–Trinajstić information content (AvgIpc) is 2.77. The fraction of sp³-hybridized carbons (Fsp3) is 0.238. The highest BCUT2D eigenvalue weighted by Crippen LogP contribution is 2.20. The Balaban J connectivity index is 1.47. The molecule has 2 aromatic carbocycles. The van der Waals surface area contributed by atoms with Crippen molar-refractivity contribution < 1.29 is 24.0 Å². The van der Waals surface area contributed by atoms with Gasteiger partial charge in [-0.2, -0.15) is 0 Å². The zero-order valence-corrected chi connectivity index (χ0v) is 16.2. The zero-order chi connectivity index (χ0) is 21.3. The predicted molar refractivity (Wildman–Crippen MR) is 111 cm³/mol. The van der Waals surface area contributed by atoms with Gasteiger partial charge in [0.05, 0.1) is 23.7 Å². The lowest BCUT2D eigenvalue weighted by Crippen LogP contribution is -2.36. The van der Waals surface area contributed by atoms with Gasteiger partial charge in [0, 0.05) is 36.6 Å². The van der Waals surface area contributed by atoms with E-state index >= 15 is 0 Å². The number of nitro benzene ring substituents is 1. The number of hydrogen-bond acceptors (Lipinski definition) is 7. The summed E-state index contributed by atoms with van der Waals surface area (Å²) in [6.45, 7) is 2.56. The van der Waals surface area contributed by atoms with E-state index in [4.69, 9.17) is 9.47 Å². The van der Waals surface area contributed by atoms with Crippen LogP contribution in [0.5, 0.6) is 0 Å². The summed E-state index contributed by atoms with van der Waals surface area (Å²) in [6.07, 6.45) is 2.33. The van der Waals surface area contributed by atoms with Crippen molar-refractivity contribution in [1.82, 2.24) is 0 Å². The molecule has 1 heterocycles. The molecule has 0 unspecified atom stereocenters. The summed E-state index contributed by atoms with van der Waals surface area (Å²) in [6, 6.07) is 13.4. The number of amides is 1. The first-order chi connectivity index (χ1) is 14.5. The molecule has 156 valence electrons. The molecule has 1 fully saturated rings. The fourth-order valence-corrected chi connectivity index (χ4v) is 2.91. The first-order valence-corrected chi connectivity index (χ1v) is 9.34. The third-order valence-electron chi connectivity index (χ3n) is 4.41. The van der Waals surface area contributed by atoms with Gasteiger partial charge in [-0.1, -0.05) is 12.1 Å². The number of hydrogen-bond donors (Lipinski definition) is 1. The van der Waals surface area contributed by atoms with Crippen molar-refractivity contribution in [2.24, 2.45) is 0 Å². The van der Waals surface area contributed by atoms with Gasteiger partial charge in [0.1, 0.15) is 0 Å². The highest BCUT2D eigenvalue weighted by Gasteiger charge is 2.12. The van der Waals surface area contributed by atoms with Gasteiger partial charge in [-0.15, -0.1) is 0 Å². The third kappa shape index (κ3) is 5.89. The van der Waals surface area contributed by atoms with E-state index in [0.717, 1.165) is 24.9 Å². The molecule has 0 saturated carbocycles. The minimum atomic E-state index is -0.772. The zero-order valence-electron chi connectivity index (χ0n) is 16.2. The Morgan fingerprint density at radius 1 is 1.13 bits per heavy atom. The SMILES string of the molecule is O=C(COC(=O)/C=C/c1ccccc1[N+](=O)[O-])Nc1ccc(N2CCOCC2)cc1. The number of para-hydroxylation sites is 1. The van der Waals surface area contributed by atoms with E-state index < -0.39 is 23.4 Å². The molecule has 9 heteroatoms. The number of rotatable bonds is 7. The highest BCUT2D eigenvalue weighted by atomic mass is 16.6. The summed E-state index contributed by atoms with van der Waals surface area (Å²) in [5, 5.41) is 13.6. The van der Waals surface area contributed by atoms with Gasteiger partial charge in [-0.3, -0.25) is 14.9 Å². The summed E-state index contributed by atoms with van der Waals surface area (Å²) < 4.78 is 10.2. The summed E-state index contributed by atoms with van der Waals surface area (Å²) in [7, 11) is 0. The Morgan fingerprint density at radius 3 is 2.53 bits per heavy atom. The average molecular weight is 411 g/mol. The van der Waals surface area contributed by atoms with E-state index in [1.54, 1.807) is 18.2 Å². The van der Waals surface area contributed by atoms with Crippen molar-refractivity contribution in [3.05, 3.63) is 70.3 Å². The molecule has 3 rings (SSSR count). The Labute approximate surface area is 173 Å². The Morgan fingerprint density at radius 2 is 1.83 bits per heavy atom. The summed E-state index contributed by atoms with van der Waals surface area (Å²) in [4.78, 5) is 36.4. The van der Waals surface area contributed by atoms with E-state index in [1.165, 1.54) is 24.3 Å². The number of anilines is 2. The molecule has 0 aromatic heterocycles. The molecule has 0 spiro atoms. The van der Waals surface area contributed by atoms with Gasteiger partial charge >= 0.3 is 5.97 Å². The lowest BCUT2D eigenvalue weighted by Gasteiger charge is -2.28. The second-order valence-electron chi connectivity index (χ2n) is 6.45. The molecule has 2 aromatic rings. The number of morpholine rings is 1. The Bertz CT molecular complexity index is 936. The van der Waals surface area contributed by atoms with Crippen LogP contribution in [0.3, 0.4) is 0 Å². The van der Waals surface area contributed by atoms with Gasteiger partial charge in [0.2, 0.25) is 0 Å². The molecule has 1 saturated heterocycles. The van der Waals surface area contributed by atoms with Crippen LogP contribution in [0.15, 0.2) is 54.6 Å². The molecule has 0 radical (unpaired) electrons. The molecular formula is C21H21N3O6. The normalized spacial score (nSPS) is 13.8. The van der Waals surface area contributed by atoms with Gasteiger partial charge < -0.3 is 19.7 Å². The molecule has 1 aliphatic rings. The van der Waals surface area contributed by atoms with E-state index in [2.05, 4.69) is 10.2 Å². The lowest BCUT2D eigenvalue weighted by atomic mass is 10.1. The fourth-order valence-electron chi connectivity index (χ4n) is 2.91. The minimum absolute atomic E-state index is 0.125. The van der Waals surface area contributed by atoms with Crippen LogP contribution in [0.25, 0.3) is 6.08 Å². The van der Waals surface area contributed by atoms with Crippen molar-refractivity contribution in [1.29, 1.82) is 0 Å². The number of ether oxygens (including phenoxy) is 2. The number of benzene rings is 2. The molecule has 1 aliphatic heterocycles. The highest BCUT2D eigenvalue weighted by molar-refractivity contribution is 5.94. The smallest absolute Gasteiger partial charge is 0.331 e. The first-order valence-electron chi connectivity index (χ1n) is 9.34. The van der Waals surface area contributed by atoms with E-state index in [9.17, 15) is 19.7 Å². The van der Waals surface area contributed by atoms with Crippen LogP contribution in [0.1, 0.15) is 5.56 Å². The summed E-state index contributed by atoms with van der Waals surface area (Å²) >= 11 is 0. The number of nitro groups is 1. The van der Waals surface area contributed by atoms with Crippen LogP contribution >= 0.6 is 0 Å². The van der Waals surface area contributed by atoms with Crippen LogP contribution in [-0.2, 0) is 19.1 Å². The van der Waals surface area contributed by atoms with Gasteiger partial charge in [-0.25, -0.2) is 4.79 Å². The molecule has 1 amide bonds. The van der Waals surface area contributed by atoms with Gasteiger partial charge in [0.25, 0.3) is 11.6 Å². The van der Waals surface area contributed by atoms with Crippen molar-refractivity contribution in [3.63, 3.8) is 0 Å². The van der Waals surface area contributed by atoms with Crippen LogP contribution < -0.4 is 10.2 Å². The van der Waals surface area contributed by atoms with E-state index in [-0.39, 0.29) is 11.3 Å². The summed E-state index contributed by atoms with van der Waals surface area (Å²) in [5.74, 6) is -1.26. The number of carbonyl (C=O) groups is 2. The number of nitrogens with zero attached hydrogens (tertiary/aromatic N) is 2. The monoisotopic (exact) mass is 411 g/mol. The molecular weight excluding hydrogens is 390 g/mol. The molecule has 9 nitrogen and oxygen atoms in total. The second kappa shape index (κ2) is 10.2. The lowest BCUT2D eigenvalue weighted by molar-refractivity contribution is -0.385. The quantitative estimate of drug-likeness (QED) is 0.323. The molecule has 1 N–H and O–H groups in total.